The van der Waals surface area contributed by atoms with Crippen LogP contribution in [0.4, 0.5) is 0 Å². The van der Waals surface area contributed by atoms with Crippen molar-refractivity contribution in [2.45, 2.75) is 0 Å². The number of hydrogen-bond donors (Lipinski definition) is 0. The highest BCUT2D eigenvalue weighted by Crippen LogP contribution is 2.15. The predicted molar refractivity (Wildman–Crippen MR) is 44.1 cm³/mol. The van der Waals surface area contributed by atoms with Crippen molar-refractivity contribution < 1.29 is 9.63 Å². The van der Waals surface area contributed by atoms with Crippen molar-refractivity contribution in [2.75, 3.05) is 21.2 Å². The molecule has 1 amide bonds. The largest absolute Gasteiger partial charge is 0.396 e. The Morgan fingerprint density at radius 1 is 1.42 bits per heavy atom. The number of rotatable bonds is 1. The molecule has 0 aromatic carbocycles. The van der Waals surface area contributed by atoms with E-state index in [1.165, 1.54) is 12.0 Å². The van der Waals surface area contributed by atoms with Gasteiger partial charge in [-0.15, -0.1) is 0 Å². The van der Waals surface area contributed by atoms with E-state index in [1.54, 1.807) is 19.0 Å². The van der Waals surface area contributed by atoms with Crippen molar-refractivity contribution in [2.24, 2.45) is 5.16 Å². The first-order valence-electron chi connectivity index (χ1n) is 3.41. The third-order valence-corrected chi connectivity index (χ3v) is 1.73. The molecule has 0 aromatic heterocycles. The first-order chi connectivity index (χ1) is 5.59. The van der Waals surface area contributed by atoms with Gasteiger partial charge in [0.15, 0.2) is 0 Å². The molecule has 0 aromatic rings. The van der Waals surface area contributed by atoms with Crippen LogP contribution in [0.25, 0.3) is 0 Å². The van der Waals surface area contributed by atoms with Crippen LogP contribution in [0.1, 0.15) is 0 Å². The fourth-order valence-corrected chi connectivity index (χ4v) is 0.978. The van der Waals surface area contributed by atoms with Gasteiger partial charge in [-0.05, 0) is 5.16 Å². The molecule has 1 heterocycles. The SMILES string of the molecule is C=C1C(=O)N(C)/C(=N/OC)N1C. The van der Waals surface area contributed by atoms with Gasteiger partial charge in [-0.3, -0.25) is 9.69 Å². The maximum absolute atomic E-state index is 11.2. The molecule has 0 spiro atoms. The fourth-order valence-electron chi connectivity index (χ4n) is 0.978. The van der Waals surface area contributed by atoms with Crippen LogP contribution >= 0.6 is 0 Å². The summed E-state index contributed by atoms with van der Waals surface area (Å²) in [6.45, 7) is 3.60. The zero-order valence-electron chi connectivity index (χ0n) is 7.37. The van der Waals surface area contributed by atoms with Gasteiger partial charge < -0.3 is 9.74 Å². The zero-order valence-corrected chi connectivity index (χ0v) is 7.37. The Kier molecular flexibility index (Phi) is 2.03. The molecule has 0 radical (unpaired) electrons. The lowest BCUT2D eigenvalue weighted by molar-refractivity contribution is -0.121. The van der Waals surface area contributed by atoms with Crippen molar-refractivity contribution >= 4 is 11.9 Å². The van der Waals surface area contributed by atoms with Crippen LogP contribution in [-0.2, 0) is 9.63 Å². The van der Waals surface area contributed by atoms with E-state index >= 15 is 0 Å². The monoisotopic (exact) mass is 169 g/mol. The molecular formula is C7H11N3O2. The van der Waals surface area contributed by atoms with Crippen LogP contribution < -0.4 is 0 Å². The number of amides is 1. The summed E-state index contributed by atoms with van der Waals surface area (Å²) < 4.78 is 0. The van der Waals surface area contributed by atoms with Gasteiger partial charge in [0.05, 0.1) is 0 Å². The molecule has 0 N–H and O–H groups in total. The number of oxime groups is 1. The van der Waals surface area contributed by atoms with Crippen LogP contribution in [0.3, 0.4) is 0 Å². The van der Waals surface area contributed by atoms with Crippen LogP contribution in [0, 0.1) is 0 Å². The molecular weight excluding hydrogens is 158 g/mol. The second kappa shape index (κ2) is 2.84. The average Bonchev–Trinajstić information content (AvgIpc) is 2.23. The van der Waals surface area contributed by atoms with Gasteiger partial charge in [0.25, 0.3) is 5.91 Å². The summed E-state index contributed by atoms with van der Waals surface area (Å²) in [5.74, 6) is 0.292. The lowest BCUT2D eigenvalue weighted by atomic mass is 10.5. The maximum atomic E-state index is 11.2. The molecule has 1 saturated heterocycles. The molecule has 1 fully saturated rings. The molecule has 5 nitrogen and oxygen atoms in total. The van der Waals surface area contributed by atoms with Crippen molar-refractivity contribution in [1.29, 1.82) is 0 Å². The third-order valence-electron chi connectivity index (χ3n) is 1.73. The Hall–Kier alpha value is -1.52. The molecule has 66 valence electrons. The Bertz CT molecular complexity index is 237. The molecule has 0 unspecified atom stereocenters. The van der Waals surface area contributed by atoms with Gasteiger partial charge in [-0.2, -0.15) is 0 Å². The number of likely N-dealkylation sites (N-methyl/N-ethyl adjacent to an activating group) is 2. The number of hydrogen-bond acceptors (Lipinski definition) is 3. The number of nitrogens with zero attached hydrogens (tertiary/aromatic N) is 3. The highest BCUT2D eigenvalue weighted by molar-refractivity contribution is 6.12. The summed E-state index contributed by atoms with van der Waals surface area (Å²) in [5.41, 5.74) is 0.397. The average molecular weight is 169 g/mol. The summed E-state index contributed by atoms with van der Waals surface area (Å²) in [4.78, 5) is 18.8. The van der Waals surface area contributed by atoms with E-state index in [2.05, 4.69) is 16.6 Å². The van der Waals surface area contributed by atoms with Crippen LogP contribution in [0.5, 0.6) is 0 Å². The fraction of sp³-hybridized carbons (Fsp3) is 0.429. The van der Waals surface area contributed by atoms with E-state index in [0.29, 0.717) is 11.7 Å². The van der Waals surface area contributed by atoms with Gasteiger partial charge in [-0.1, -0.05) is 6.58 Å². The smallest absolute Gasteiger partial charge is 0.276 e. The van der Waals surface area contributed by atoms with Gasteiger partial charge >= 0.3 is 0 Å². The highest BCUT2D eigenvalue weighted by atomic mass is 16.6. The molecule has 12 heavy (non-hydrogen) atoms. The van der Waals surface area contributed by atoms with E-state index < -0.39 is 0 Å². The standard InChI is InChI=1S/C7H11N3O2/c1-5-6(11)10(3)7(8-12-4)9(5)2/h1H2,2-4H3/b8-7+. The van der Waals surface area contributed by atoms with Crippen LogP contribution in [-0.4, -0.2) is 42.9 Å². The quantitative estimate of drug-likeness (QED) is 0.404. The first kappa shape index (κ1) is 8.58. The predicted octanol–water partition coefficient (Wildman–Crippen LogP) is -0.179. The van der Waals surface area contributed by atoms with E-state index in [4.69, 9.17) is 0 Å². The molecule has 1 aliphatic rings. The molecule has 1 aliphatic heterocycles. The zero-order chi connectivity index (χ0) is 9.30. The molecule has 0 aliphatic carbocycles. The topological polar surface area (TPSA) is 45.1 Å². The summed E-state index contributed by atoms with van der Waals surface area (Å²) in [5, 5.41) is 3.67. The van der Waals surface area contributed by atoms with Crippen LogP contribution in [0.15, 0.2) is 17.4 Å². The lowest BCUT2D eigenvalue weighted by Crippen LogP contribution is -2.29. The minimum Gasteiger partial charge on any atom is -0.396 e. The van der Waals surface area contributed by atoms with Gasteiger partial charge in [0.1, 0.15) is 12.8 Å². The van der Waals surface area contributed by atoms with Gasteiger partial charge in [0, 0.05) is 14.1 Å². The van der Waals surface area contributed by atoms with Crippen molar-refractivity contribution in [3.63, 3.8) is 0 Å². The maximum Gasteiger partial charge on any atom is 0.276 e. The number of carbonyl (C=O) groups excluding carboxylic acids is 1. The van der Waals surface area contributed by atoms with Crippen molar-refractivity contribution in [1.82, 2.24) is 9.80 Å². The molecule has 0 bridgehead atoms. The Morgan fingerprint density at radius 3 is 2.33 bits per heavy atom. The Labute approximate surface area is 70.9 Å². The molecule has 0 atom stereocenters. The summed E-state index contributed by atoms with van der Waals surface area (Å²) in [7, 11) is 4.76. The van der Waals surface area contributed by atoms with E-state index in [9.17, 15) is 4.79 Å². The Morgan fingerprint density at radius 2 is 2.00 bits per heavy atom. The minimum atomic E-state index is -0.159. The second-order valence-electron chi connectivity index (χ2n) is 2.44. The lowest BCUT2D eigenvalue weighted by Gasteiger charge is -2.11. The molecule has 0 saturated carbocycles. The molecule has 5 heteroatoms. The first-order valence-corrected chi connectivity index (χ1v) is 3.41. The second-order valence-corrected chi connectivity index (χ2v) is 2.44. The summed E-state index contributed by atoms with van der Waals surface area (Å²) >= 11 is 0. The Balaban J connectivity index is 2.99. The molecule has 1 rings (SSSR count). The van der Waals surface area contributed by atoms with E-state index in [1.807, 2.05) is 0 Å². The van der Waals surface area contributed by atoms with E-state index in [0.717, 1.165) is 0 Å². The van der Waals surface area contributed by atoms with Crippen molar-refractivity contribution in [3.8, 4) is 0 Å². The third kappa shape index (κ3) is 1.03. The number of guanidine groups is 1. The van der Waals surface area contributed by atoms with Gasteiger partial charge in [0.2, 0.25) is 5.96 Å². The number of carbonyl (C=O) groups is 1. The minimum absolute atomic E-state index is 0.159. The highest BCUT2D eigenvalue weighted by Gasteiger charge is 2.33. The normalized spacial score (nSPS) is 21.1. The van der Waals surface area contributed by atoms with E-state index in [-0.39, 0.29) is 5.91 Å². The summed E-state index contributed by atoms with van der Waals surface area (Å²) in [6.07, 6.45) is 0. The van der Waals surface area contributed by atoms with Gasteiger partial charge in [-0.25, -0.2) is 0 Å². The van der Waals surface area contributed by atoms with Crippen molar-refractivity contribution in [3.05, 3.63) is 12.3 Å². The van der Waals surface area contributed by atoms with Crippen LogP contribution in [0.2, 0.25) is 0 Å². The summed E-state index contributed by atoms with van der Waals surface area (Å²) in [6, 6.07) is 0.